The first-order valence-corrected chi connectivity index (χ1v) is 5.93. The number of furan rings is 1. The van der Waals surface area contributed by atoms with Gasteiger partial charge in [0.05, 0.1) is 5.69 Å². The lowest BCUT2D eigenvalue weighted by molar-refractivity contribution is 0.0937. The fraction of sp³-hybridized carbons (Fsp3) is 0. The van der Waals surface area contributed by atoms with Crippen molar-refractivity contribution in [3.63, 3.8) is 0 Å². The summed E-state index contributed by atoms with van der Waals surface area (Å²) in [5.41, 5.74) is 6.93. The Morgan fingerprint density at radius 2 is 1.68 bits per heavy atom. The van der Waals surface area contributed by atoms with E-state index in [-0.39, 0.29) is 11.7 Å². The number of para-hydroxylation sites is 2. The van der Waals surface area contributed by atoms with E-state index in [0.29, 0.717) is 5.58 Å². The van der Waals surface area contributed by atoms with E-state index >= 15 is 0 Å². The summed E-state index contributed by atoms with van der Waals surface area (Å²) in [6.07, 6.45) is 0. The van der Waals surface area contributed by atoms with Crippen LogP contribution in [0.1, 0.15) is 10.6 Å². The molecule has 2 N–H and O–H groups in total. The number of benzene rings is 2. The number of rotatable bonds is 3. The first-order valence-electron chi connectivity index (χ1n) is 5.93. The molecule has 0 bridgehead atoms. The molecule has 0 spiro atoms. The minimum atomic E-state index is -0.306. The van der Waals surface area contributed by atoms with Gasteiger partial charge < -0.3 is 4.42 Å². The van der Waals surface area contributed by atoms with Crippen LogP contribution in [0.2, 0.25) is 0 Å². The molecule has 0 fully saturated rings. The van der Waals surface area contributed by atoms with Gasteiger partial charge in [-0.15, -0.1) is 0 Å². The molecule has 1 heterocycles. The molecule has 19 heavy (non-hydrogen) atoms. The fourth-order valence-electron chi connectivity index (χ4n) is 1.81. The van der Waals surface area contributed by atoms with E-state index in [1.54, 1.807) is 6.07 Å². The van der Waals surface area contributed by atoms with Crippen LogP contribution >= 0.6 is 0 Å². The van der Waals surface area contributed by atoms with Gasteiger partial charge in [-0.2, -0.15) is 0 Å². The predicted molar refractivity (Wildman–Crippen MR) is 73.7 cm³/mol. The Morgan fingerprint density at radius 1 is 0.947 bits per heavy atom. The summed E-state index contributed by atoms with van der Waals surface area (Å²) in [7, 11) is 0. The molecule has 0 atom stereocenters. The average molecular weight is 252 g/mol. The van der Waals surface area contributed by atoms with Crippen LogP contribution in [0, 0.1) is 0 Å². The Hall–Kier alpha value is -2.75. The minimum Gasteiger partial charge on any atom is -0.451 e. The van der Waals surface area contributed by atoms with Crippen molar-refractivity contribution in [3.05, 3.63) is 66.4 Å². The second-order valence-corrected chi connectivity index (χ2v) is 4.09. The summed E-state index contributed by atoms with van der Waals surface area (Å²) in [5, 5.41) is 0.910. The van der Waals surface area contributed by atoms with Crippen LogP contribution in [0.4, 0.5) is 5.69 Å². The molecule has 0 unspecified atom stereocenters. The van der Waals surface area contributed by atoms with E-state index in [1.807, 2.05) is 54.6 Å². The summed E-state index contributed by atoms with van der Waals surface area (Å²) in [4.78, 5) is 11.9. The number of hydrogen-bond acceptors (Lipinski definition) is 3. The molecule has 3 aromatic rings. The van der Waals surface area contributed by atoms with Gasteiger partial charge in [0.2, 0.25) is 0 Å². The fourth-order valence-corrected chi connectivity index (χ4v) is 1.81. The number of nitrogens with one attached hydrogen (secondary N) is 2. The molecular formula is C15H12N2O2. The maximum absolute atomic E-state index is 11.9. The van der Waals surface area contributed by atoms with E-state index in [4.69, 9.17) is 4.42 Å². The lowest BCUT2D eigenvalue weighted by atomic mass is 10.2. The van der Waals surface area contributed by atoms with Gasteiger partial charge in [-0.1, -0.05) is 36.4 Å². The molecule has 4 heteroatoms. The highest BCUT2D eigenvalue weighted by atomic mass is 16.3. The van der Waals surface area contributed by atoms with Crippen LogP contribution in [0.5, 0.6) is 0 Å². The Kier molecular flexibility index (Phi) is 2.90. The molecular weight excluding hydrogens is 240 g/mol. The molecule has 0 aliphatic heterocycles. The van der Waals surface area contributed by atoms with Crippen molar-refractivity contribution in [2.45, 2.75) is 0 Å². The van der Waals surface area contributed by atoms with Gasteiger partial charge in [-0.3, -0.25) is 15.6 Å². The zero-order valence-electron chi connectivity index (χ0n) is 10.1. The smallest absolute Gasteiger partial charge is 0.305 e. The maximum Gasteiger partial charge on any atom is 0.305 e. The summed E-state index contributed by atoms with van der Waals surface area (Å²) in [6.45, 7) is 0. The Labute approximate surface area is 110 Å². The van der Waals surface area contributed by atoms with Gasteiger partial charge in [-0.05, 0) is 24.3 Å². The van der Waals surface area contributed by atoms with Gasteiger partial charge >= 0.3 is 5.91 Å². The highest BCUT2D eigenvalue weighted by Crippen LogP contribution is 2.18. The van der Waals surface area contributed by atoms with Crippen LogP contribution in [0.15, 0.2) is 65.1 Å². The third-order valence-corrected chi connectivity index (χ3v) is 2.74. The third kappa shape index (κ3) is 2.42. The zero-order valence-corrected chi connectivity index (χ0v) is 10.1. The van der Waals surface area contributed by atoms with Crippen molar-refractivity contribution >= 4 is 22.6 Å². The van der Waals surface area contributed by atoms with Crippen LogP contribution in [-0.4, -0.2) is 5.91 Å². The number of carbonyl (C=O) groups is 1. The Bertz CT molecular complexity index is 671. The second-order valence-electron chi connectivity index (χ2n) is 4.09. The van der Waals surface area contributed by atoms with E-state index in [0.717, 1.165) is 11.1 Å². The summed E-state index contributed by atoms with van der Waals surface area (Å²) < 4.78 is 5.47. The summed E-state index contributed by atoms with van der Waals surface area (Å²) in [5.74, 6) is -0.0234. The standard InChI is InChI=1S/C15H12N2O2/c18-15(17-16-12-7-2-1-3-8-12)14-10-11-6-4-5-9-13(11)19-14/h1-10,16H,(H,17,18). The summed E-state index contributed by atoms with van der Waals surface area (Å²) >= 11 is 0. The zero-order chi connectivity index (χ0) is 13.1. The topological polar surface area (TPSA) is 54.3 Å². The first-order chi connectivity index (χ1) is 9.33. The molecule has 1 aromatic heterocycles. The number of anilines is 1. The highest BCUT2D eigenvalue weighted by molar-refractivity contribution is 5.96. The Balaban J connectivity index is 1.73. The van der Waals surface area contributed by atoms with Gasteiger partial charge in [0.1, 0.15) is 5.58 Å². The van der Waals surface area contributed by atoms with E-state index in [2.05, 4.69) is 10.9 Å². The van der Waals surface area contributed by atoms with Crippen molar-refractivity contribution in [3.8, 4) is 0 Å². The number of hydrogen-bond donors (Lipinski definition) is 2. The highest BCUT2D eigenvalue weighted by Gasteiger charge is 2.11. The molecule has 0 aliphatic carbocycles. The van der Waals surface area contributed by atoms with Gasteiger partial charge in [0.15, 0.2) is 5.76 Å². The lowest BCUT2D eigenvalue weighted by Crippen LogP contribution is -2.28. The number of fused-ring (bicyclic) bond motifs is 1. The predicted octanol–water partition coefficient (Wildman–Crippen LogP) is 3.19. The lowest BCUT2D eigenvalue weighted by Gasteiger charge is -2.06. The van der Waals surface area contributed by atoms with Crippen LogP contribution in [0.25, 0.3) is 11.0 Å². The SMILES string of the molecule is O=C(NNc1ccccc1)c1cc2ccccc2o1. The van der Waals surface area contributed by atoms with Crippen molar-refractivity contribution in [2.24, 2.45) is 0 Å². The van der Waals surface area contributed by atoms with E-state index in [9.17, 15) is 4.79 Å². The molecule has 0 saturated heterocycles. The number of amides is 1. The number of hydrazine groups is 1. The molecule has 1 amide bonds. The average Bonchev–Trinajstić information content (AvgIpc) is 2.90. The van der Waals surface area contributed by atoms with Crippen LogP contribution in [-0.2, 0) is 0 Å². The van der Waals surface area contributed by atoms with Gasteiger partial charge in [0, 0.05) is 5.39 Å². The normalized spacial score (nSPS) is 10.3. The molecule has 0 radical (unpaired) electrons. The molecule has 3 rings (SSSR count). The minimum absolute atomic E-state index is 0.282. The third-order valence-electron chi connectivity index (χ3n) is 2.74. The quantitative estimate of drug-likeness (QED) is 0.704. The largest absolute Gasteiger partial charge is 0.451 e. The Morgan fingerprint density at radius 3 is 2.47 bits per heavy atom. The monoisotopic (exact) mass is 252 g/mol. The van der Waals surface area contributed by atoms with Crippen molar-refractivity contribution in [2.75, 3.05) is 5.43 Å². The molecule has 94 valence electrons. The van der Waals surface area contributed by atoms with Gasteiger partial charge in [0.25, 0.3) is 0 Å². The van der Waals surface area contributed by atoms with Crippen molar-refractivity contribution in [1.29, 1.82) is 0 Å². The molecule has 0 saturated carbocycles. The van der Waals surface area contributed by atoms with Crippen LogP contribution < -0.4 is 10.9 Å². The van der Waals surface area contributed by atoms with Gasteiger partial charge in [-0.25, -0.2) is 0 Å². The molecule has 4 nitrogen and oxygen atoms in total. The first kappa shape index (κ1) is 11.3. The maximum atomic E-state index is 11.9. The second kappa shape index (κ2) is 4.86. The molecule has 2 aromatic carbocycles. The number of carbonyl (C=O) groups excluding carboxylic acids is 1. The molecule has 0 aliphatic rings. The van der Waals surface area contributed by atoms with Crippen LogP contribution in [0.3, 0.4) is 0 Å². The van der Waals surface area contributed by atoms with Crippen molar-refractivity contribution in [1.82, 2.24) is 5.43 Å². The van der Waals surface area contributed by atoms with E-state index in [1.165, 1.54) is 0 Å². The van der Waals surface area contributed by atoms with E-state index < -0.39 is 0 Å². The van der Waals surface area contributed by atoms with Crippen molar-refractivity contribution < 1.29 is 9.21 Å². The summed E-state index contributed by atoms with van der Waals surface area (Å²) in [6, 6.07) is 18.6.